The summed E-state index contributed by atoms with van der Waals surface area (Å²) in [5.74, 6) is -0.360. The van der Waals surface area contributed by atoms with Gasteiger partial charge in [-0.3, -0.25) is 0 Å². The Morgan fingerprint density at radius 3 is 2.53 bits per heavy atom. The highest BCUT2D eigenvalue weighted by molar-refractivity contribution is 9.10. The molecular weight excluding hydrogens is 307 g/mol. The second kappa shape index (κ2) is 6.06. The fourth-order valence-electron chi connectivity index (χ4n) is 1.87. The Kier molecular flexibility index (Phi) is 4.43. The second-order valence-electron chi connectivity index (χ2n) is 4.43. The van der Waals surface area contributed by atoms with Crippen molar-refractivity contribution in [2.75, 3.05) is 11.1 Å². The van der Waals surface area contributed by atoms with Gasteiger partial charge in [0.1, 0.15) is 5.82 Å². The van der Waals surface area contributed by atoms with Crippen molar-refractivity contribution in [2.24, 2.45) is 0 Å². The van der Waals surface area contributed by atoms with Gasteiger partial charge in [-0.1, -0.05) is 25.5 Å². The number of halogens is 2. The van der Waals surface area contributed by atoms with E-state index < -0.39 is 0 Å². The molecular formula is C15H16BrFN2. The van der Waals surface area contributed by atoms with Crippen molar-refractivity contribution < 1.29 is 4.39 Å². The molecule has 0 aliphatic heterocycles. The van der Waals surface area contributed by atoms with Crippen molar-refractivity contribution >= 4 is 33.0 Å². The lowest BCUT2D eigenvalue weighted by atomic mass is 10.1. The fraction of sp³-hybridized carbons (Fsp3) is 0.200. The third-order valence-corrected chi connectivity index (χ3v) is 3.47. The molecule has 0 saturated heterocycles. The highest BCUT2D eigenvalue weighted by Crippen LogP contribution is 2.29. The number of nitrogens with two attached hydrogens (primary N) is 1. The third kappa shape index (κ3) is 3.47. The lowest BCUT2D eigenvalue weighted by Gasteiger charge is -2.11. The minimum Gasteiger partial charge on any atom is -0.397 e. The molecule has 0 aromatic heterocycles. The van der Waals surface area contributed by atoms with Crippen LogP contribution in [0.3, 0.4) is 0 Å². The van der Waals surface area contributed by atoms with E-state index in [0.717, 1.165) is 18.5 Å². The van der Waals surface area contributed by atoms with Gasteiger partial charge in [0.15, 0.2) is 0 Å². The minimum atomic E-state index is -0.360. The molecule has 0 aliphatic rings. The number of hydrogen-bond donors (Lipinski definition) is 2. The average molecular weight is 323 g/mol. The standard InChI is InChI=1S/C15H16BrFN2/c1-2-3-10-4-6-11(7-5-10)19-15-8-12(16)13(17)9-14(15)18/h4-9,19H,2-3,18H2,1H3. The zero-order valence-corrected chi connectivity index (χ0v) is 12.3. The fourth-order valence-corrected chi connectivity index (χ4v) is 2.21. The summed E-state index contributed by atoms with van der Waals surface area (Å²) in [5, 5.41) is 3.19. The molecule has 0 heterocycles. The number of nitrogen functional groups attached to an aromatic ring is 1. The first-order chi connectivity index (χ1) is 9.10. The molecule has 3 N–H and O–H groups in total. The van der Waals surface area contributed by atoms with Crippen molar-refractivity contribution in [3.05, 3.63) is 52.3 Å². The van der Waals surface area contributed by atoms with Gasteiger partial charge in [0.2, 0.25) is 0 Å². The molecule has 19 heavy (non-hydrogen) atoms. The van der Waals surface area contributed by atoms with Gasteiger partial charge >= 0.3 is 0 Å². The van der Waals surface area contributed by atoms with Gasteiger partial charge in [-0.05, 0) is 46.1 Å². The first-order valence-corrected chi connectivity index (χ1v) is 7.00. The Hall–Kier alpha value is -1.55. The summed E-state index contributed by atoms with van der Waals surface area (Å²) >= 11 is 3.16. The summed E-state index contributed by atoms with van der Waals surface area (Å²) < 4.78 is 13.7. The Morgan fingerprint density at radius 1 is 1.21 bits per heavy atom. The van der Waals surface area contributed by atoms with Gasteiger partial charge in [-0.15, -0.1) is 0 Å². The zero-order chi connectivity index (χ0) is 13.8. The number of rotatable bonds is 4. The third-order valence-electron chi connectivity index (χ3n) is 2.86. The summed E-state index contributed by atoms with van der Waals surface area (Å²) in [4.78, 5) is 0. The van der Waals surface area contributed by atoms with Gasteiger partial charge in [0.05, 0.1) is 15.8 Å². The maximum absolute atomic E-state index is 13.3. The van der Waals surface area contributed by atoms with Crippen molar-refractivity contribution in [1.82, 2.24) is 0 Å². The van der Waals surface area contributed by atoms with Crippen LogP contribution in [0.25, 0.3) is 0 Å². The first kappa shape index (κ1) is 13.9. The first-order valence-electron chi connectivity index (χ1n) is 6.20. The molecule has 0 radical (unpaired) electrons. The second-order valence-corrected chi connectivity index (χ2v) is 5.28. The SMILES string of the molecule is CCCc1ccc(Nc2cc(Br)c(F)cc2N)cc1. The van der Waals surface area contributed by atoms with E-state index in [-0.39, 0.29) is 5.82 Å². The van der Waals surface area contributed by atoms with E-state index in [1.54, 1.807) is 6.07 Å². The Morgan fingerprint density at radius 2 is 1.89 bits per heavy atom. The lowest BCUT2D eigenvalue weighted by molar-refractivity contribution is 0.622. The topological polar surface area (TPSA) is 38.0 Å². The molecule has 2 rings (SSSR count). The quantitative estimate of drug-likeness (QED) is 0.788. The lowest BCUT2D eigenvalue weighted by Crippen LogP contribution is -1.98. The van der Waals surface area contributed by atoms with Crippen molar-refractivity contribution in [3.63, 3.8) is 0 Å². The van der Waals surface area contributed by atoms with E-state index in [0.29, 0.717) is 15.8 Å². The molecule has 2 aromatic carbocycles. The predicted octanol–water partition coefficient (Wildman–Crippen LogP) is 4.87. The normalized spacial score (nSPS) is 10.5. The van der Waals surface area contributed by atoms with Crippen LogP contribution in [0.4, 0.5) is 21.5 Å². The van der Waals surface area contributed by atoms with Crippen molar-refractivity contribution in [3.8, 4) is 0 Å². The monoisotopic (exact) mass is 322 g/mol. The van der Waals surface area contributed by atoms with E-state index >= 15 is 0 Å². The van der Waals surface area contributed by atoms with Crippen LogP contribution < -0.4 is 11.1 Å². The molecule has 0 bridgehead atoms. The van der Waals surface area contributed by atoms with Crippen molar-refractivity contribution in [2.45, 2.75) is 19.8 Å². The molecule has 0 saturated carbocycles. The van der Waals surface area contributed by atoms with E-state index in [1.807, 2.05) is 12.1 Å². The molecule has 4 heteroatoms. The van der Waals surface area contributed by atoms with Gasteiger partial charge < -0.3 is 11.1 Å². The smallest absolute Gasteiger partial charge is 0.139 e. The summed E-state index contributed by atoms with van der Waals surface area (Å²) in [6.07, 6.45) is 2.20. The van der Waals surface area contributed by atoms with Crippen molar-refractivity contribution in [1.29, 1.82) is 0 Å². The summed E-state index contributed by atoms with van der Waals surface area (Å²) in [7, 11) is 0. The number of anilines is 3. The minimum absolute atomic E-state index is 0.360. The molecule has 100 valence electrons. The van der Waals surface area contributed by atoms with Crippen LogP contribution >= 0.6 is 15.9 Å². The summed E-state index contributed by atoms with van der Waals surface area (Å²) in [6.45, 7) is 2.16. The van der Waals surface area contributed by atoms with Crippen LogP contribution in [0.1, 0.15) is 18.9 Å². The van der Waals surface area contributed by atoms with E-state index in [9.17, 15) is 4.39 Å². The highest BCUT2D eigenvalue weighted by Gasteiger charge is 2.06. The van der Waals surface area contributed by atoms with E-state index in [1.165, 1.54) is 11.6 Å². The van der Waals surface area contributed by atoms with Gasteiger partial charge in [0, 0.05) is 11.8 Å². The number of benzene rings is 2. The highest BCUT2D eigenvalue weighted by atomic mass is 79.9. The zero-order valence-electron chi connectivity index (χ0n) is 10.7. The largest absolute Gasteiger partial charge is 0.397 e. The molecule has 0 amide bonds. The maximum Gasteiger partial charge on any atom is 0.139 e. The molecule has 2 nitrogen and oxygen atoms in total. The Labute approximate surface area is 121 Å². The van der Waals surface area contributed by atoms with Crippen LogP contribution in [-0.2, 0) is 6.42 Å². The molecule has 0 spiro atoms. The number of hydrogen-bond acceptors (Lipinski definition) is 2. The van der Waals surface area contributed by atoms with Crippen LogP contribution in [-0.4, -0.2) is 0 Å². The van der Waals surface area contributed by atoms with E-state index in [4.69, 9.17) is 5.73 Å². The predicted molar refractivity (Wildman–Crippen MR) is 82.2 cm³/mol. The average Bonchev–Trinajstić information content (AvgIpc) is 2.38. The van der Waals surface area contributed by atoms with Crippen LogP contribution in [0.15, 0.2) is 40.9 Å². The molecule has 0 unspecified atom stereocenters. The van der Waals surface area contributed by atoms with Gasteiger partial charge in [0.25, 0.3) is 0 Å². The van der Waals surface area contributed by atoms with Gasteiger partial charge in [-0.25, -0.2) is 4.39 Å². The number of nitrogens with one attached hydrogen (secondary N) is 1. The Bertz CT molecular complexity index is 567. The Balaban J connectivity index is 2.19. The summed E-state index contributed by atoms with van der Waals surface area (Å²) in [6, 6.07) is 11.1. The number of aryl methyl sites for hydroxylation is 1. The van der Waals surface area contributed by atoms with Crippen LogP contribution in [0, 0.1) is 5.82 Å². The van der Waals surface area contributed by atoms with Crippen LogP contribution in [0.5, 0.6) is 0 Å². The van der Waals surface area contributed by atoms with Crippen LogP contribution in [0.2, 0.25) is 0 Å². The van der Waals surface area contributed by atoms with Gasteiger partial charge in [-0.2, -0.15) is 0 Å². The van der Waals surface area contributed by atoms with E-state index in [2.05, 4.69) is 40.3 Å². The summed E-state index contributed by atoms with van der Waals surface area (Å²) in [5.41, 5.74) is 9.11. The molecule has 2 aromatic rings. The maximum atomic E-state index is 13.3. The molecule has 0 atom stereocenters. The molecule has 0 aliphatic carbocycles. The molecule has 0 fully saturated rings.